The lowest BCUT2D eigenvalue weighted by Gasteiger charge is -2.36. The van der Waals surface area contributed by atoms with Crippen LogP contribution >= 0.6 is 0 Å². The van der Waals surface area contributed by atoms with Gasteiger partial charge in [-0.15, -0.1) is 0 Å². The molecule has 4 heterocycles. The first-order chi connectivity index (χ1) is 16.4. The first-order valence-corrected chi connectivity index (χ1v) is 10.8. The van der Waals surface area contributed by atoms with Crippen molar-refractivity contribution in [2.24, 2.45) is 0 Å². The summed E-state index contributed by atoms with van der Waals surface area (Å²) in [6.07, 6.45) is -1.97. The van der Waals surface area contributed by atoms with E-state index >= 15 is 0 Å². The Morgan fingerprint density at radius 1 is 1.20 bits per heavy atom. The van der Waals surface area contributed by atoms with Crippen molar-refractivity contribution in [2.45, 2.75) is 52.2 Å². The molecule has 3 N–H and O–H groups in total. The minimum absolute atomic E-state index is 0.274. The van der Waals surface area contributed by atoms with Gasteiger partial charge in [-0.25, -0.2) is 9.97 Å². The van der Waals surface area contributed by atoms with Crippen LogP contribution in [0, 0.1) is 13.8 Å². The van der Waals surface area contributed by atoms with Crippen molar-refractivity contribution >= 4 is 23.4 Å². The largest absolute Gasteiger partial charge is 0.433 e. The van der Waals surface area contributed by atoms with Gasteiger partial charge in [-0.3, -0.25) is 9.48 Å². The minimum Gasteiger partial charge on any atom is -0.391 e. The highest BCUT2D eigenvalue weighted by atomic mass is 19.4. The van der Waals surface area contributed by atoms with Crippen molar-refractivity contribution in [1.82, 2.24) is 24.7 Å². The predicted octanol–water partition coefficient (Wildman–Crippen LogP) is 2.50. The van der Waals surface area contributed by atoms with E-state index in [1.165, 1.54) is 13.0 Å². The molecule has 35 heavy (non-hydrogen) atoms. The van der Waals surface area contributed by atoms with E-state index < -0.39 is 24.0 Å². The number of hydrogen-bond donors (Lipinski definition) is 3. The Bertz CT molecular complexity index is 1260. The third-order valence-corrected chi connectivity index (χ3v) is 5.75. The number of hydrogen-bond acceptors (Lipinski definition) is 8. The molecule has 0 radical (unpaired) electrons. The summed E-state index contributed by atoms with van der Waals surface area (Å²) in [5, 5.41) is 20.1. The van der Waals surface area contributed by atoms with Gasteiger partial charge < -0.3 is 20.6 Å². The molecule has 13 heteroatoms. The summed E-state index contributed by atoms with van der Waals surface area (Å²) in [6, 6.07) is 1.60. The van der Waals surface area contributed by atoms with Crippen LogP contribution in [-0.4, -0.2) is 54.9 Å². The molecule has 3 aromatic rings. The number of pyridine rings is 1. The van der Waals surface area contributed by atoms with Gasteiger partial charge in [0.25, 0.3) is 0 Å². The zero-order valence-electron chi connectivity index (χ0n) is 19.6. The van der Waals surface area contributed by atoms with Gasteiger partial charge in [0.05, 0.1) is 24.5 Å². The Labute approximate surface area is 199 Å². The van der Waals surface area contributed by atoms with E-state index in [1.807, 2.05) is 0 Å². The maximum Gasteiger partial charge on any atom is 0.433 e. The minimum atomic E-state index is -4.48. The van der Waals surface area contributed by atoms with Crippen LogP contribution in [0.1, 0.15) is 35.1 Å². The Morgan fingerprint density at radius 3 is 2.60 bits per heavy atom. The van der Waals surface area contributed by atoms with Gasteiger partial charge in [-0.1, -0.05) is 6.07 Å². The highest BCUT2D eigenvalue weighted by Gasteiger charge is 2.36. The average Bonchev–Trinajstić information content (AvgIpc) is 3.21. The molecule has 0 spiro atoms. The fraction of sp³-hybridized carbons (Fsp3) is 0.409. The molecule has 0 bridgehead atoms. The molecule has 3 aromatic heterocycles. The number of nitrogens with zero attached hydrogens (tertiary/aromatic N) is 6. The normalized spacial score (nSPS) is 16.6. The number of alkyl halides is 3. The van der Waals surface area contributed by atoms with E-state index in [0.717, 1.165) is 11.6 Å². The smallest absolute Gasteiger partial charge is 0.391 e. The number of likely N-dealkylation sites (N-methyl/N-ethyl adjacent to an activating group) is 1. The van der Waals surface area contributed by atoms with Gasteiger partial charge in [0.1, 0.15) is 17.4 Å². The number of carbonyl (C=O) groups is 1. The van der Waals surface area contributed by atoms with Crippen molar-refractivity contribution in [3.8, 4) is 0 Å². The number of carbonyl (C=O) groups excluding carboxylic acids is 1. The summed E-state index contributed by atoms with van der Waals surface area (Å²) in [4.78, 5) is 26.5. The first-order valence-electron chi connectivity index (χ1n) is 10.8. The van der Waals surface area contributed by atoms with E-state index in [1.54, 1.807) is 42.9 Å². The van der Waals surface area contributed by atoms with Gasteiger partial charge in [0.15, 0.2) is 5.82 Å². The van der Waals surface area contributed by atoms with Crippen LogP contribution in [0.2, 0.25) is 0 Å². The van der Waals surface area contributed by atoms with Crippen LogP contribution in [0.5, 0.6) is 0 Å². The quantitative estimate of drug-likeness (QED) is 0.482. The summed E-state index contributed by atoms with van der Waals surface area (Å²) < 4.78 is 40.1. The highest BCUT2D eigenvalue weighted by molar-refractivity contribution is 6.03. The first kappa shape index (κ1) is 24.4. The van der Waals surface area contributed by atoms with E-state index in [0.29, 0.717) is 40.9 Å². The number of nitrogens with one attached hydrogen (secondary N) is 2. The van der Waals surface area contributed by atoms with Gasteiger partial charge in [0, 0.05) is 31.0 Å². The number of aryl methyl sites for hydroxylation is 2. The fourth-order valence-corrected chi connectivity index (χ4v) is 3.94. The van der Waals surface area contributed by atoms with E-state index in [9.17, 15) is 23.1 Å². The molecule has 1 amide bonds. The van der Waals surface area contributed by atoms with Crippen molar-refractivity contribution in [3.63, 3.8) is 0 Å². The maximum atomic E-state index is 12.8. The third-order valence-electron chi connectivity index (χ3n) is 5.75. The van der Waals surface area contributed by atoms with Gasteiger partial charge >= 0.3 is 6.18 Å². The molecule has 0 fully saturated rings. The lowest BCUT2D eigenvalue weighted by Crippen LogP contribution is -2.52. The van der Waals surface area contributed by atoms with Crippen LogP contribution < -0.4 is 15.5 Å². The highest BCUT2D eigenvalue weighted by Crippen LogP contribution is 2.33. The Morgan fingerprint density at radius 2 is 1.94 bits per heavy atom. The summed E-state index contributed by atoms with van der Waals surface area (Å²) in [5.74, 6) is 0.504. The van der Waals surface area contributed by atoms with Crippen LogP contribution in [-0.2, 0) is 24.1 Å². The van der Waals surface area contributed by atoms with Crippen molar-refractivity contribution in [2.75, 3.05) is 22.6 Å². The third kappa shape index (κ3) is 5.04. The van der Waals surface area contributed by atoms with Crippen LogP contribution in [0.4, 0.5) is 30.6 Å². The van der Waals surface area contributed by atoms with E-state index in [2.05, 4.69) is 30.7 Å². The monoisotopic (exact) mass is 490 g/mol. The number of rotatable bonds is 6. The molecule has 4 rings (SSSR count). The fourth-order valence-electron chi connectivity index (χ4n) is 3.94. The predicted molar refractivity (Wildman–Crippen MR) is 122 cm³/mol. The molecular weight excluding hydrogens is 465 g/mol. The molecule has 186 valence electrons. The Hall–Kier alpha value is -3.74. The molecule has 0 saturated carbocycles. The Kier molecular flexibility index (Phi) is 6.36. The molecule has 1 aliphatic heterocycles. The summed E-state index contributed by atoms with van der Waals surface area (Å²) in [5.41, 5.74) is 1.88. The molecular formula is C22H25F3N8O2. The number of aliphatic hydroxyl groups is 1. The lowest BCUT2D eigenvalue weighted by molar-refractivity contribution is -0.141. The number of aromatic nitrogens is 5. The summed E-state index contributed by atoms with van der Waals surface area (Å²) in [6.45, 7) is 5.45. The molecule has 2 atom stereocenters. The summed E-state index contributed by atoms with van der Waals surface area (Å²) >= 11 is 0. The van der Waals surface area contributed by atoms with Crippen LogP contribution in [0.25, 0.3) is 0 Å². The number of amides is 1. The Balaban J connectivity index is 1.45. The maximum absolute atomic E-state index is 12.8. The van der Waals surface area contributed by atoms with E-state index in [-0.39, 0.29) is 12.5 Å². The van der Waals surface area contributed by atoms with Gasteiger partial charge in [-0.2, -0.15) is 23.3 Å². The molecule has 0 saturated heterocycles. The zero-order chi connectivity index (χ0) is 25.5. The molecule has 10 nitrogen and oxygen atoms in total. The number of fused-ring (bicyclic) bond motifs is 1. The van der Waals surface area contributed by atoms with Crippen LogP contribution in [0.15, 0.2) is 24.5 Å². The van der Waals surface area contributed by atoms with Gasteiger partial charge in [-0.05, 0) is 32.4 Å². The molecule has 0 unspecified atom stereocenters. The standard InChI is InChI=1S/C22H25F3N8O2/c1-11-15(5-6-16(28-11)22(23,24)25)10-33-9-14(8-27-33)7-26-21-29-12(2)17-19(31-21)32(4)18(13(3)34)20(35)30-17/h5-6,8-9,13,18,34H,7,10H2,1-4H3,(H,30,35)(H,26,29,31)/t13-,18+/m1/s1. The van der Waals surface area contributed by atoms with Crippen LogP contribution in [0.3, 0.4) is 0 Å². The average molecular weight is 490 g/mol. The lowest BCUT2D eigenvalue weighted by atomic mass is 10.1. The number of aliphatic hydroxyl groups excluding tert-OH is 1. The van der Waals surface area contributed by atoms with Crippen molar-refractivity contribution < 1.29 is 23.1 Å². The second-order valence-electron chi connectivity index (χ2n) is 8.46. The van der Waals surface area contributed by atoms with Gasteiger partial charge in [0.2, 0.25) is 11.9 Å². The molecule has 1 aliphatic rings. The number of anilines is 3. The number of halogens is 3. The molecule has 0 aliphatic carbocycles. The topological polar surface area (TPSA) is 121 Å². The second-order valence-corrected chi connectivity index (χ2v) is 8.46. The summed E-state index contributed by atoms with van der Waals surface area (Å²) in [7, 11) is 1.69. The second kappa shape index (κ2) is 9.13. The van der Waals surface area contributed by atoms with E-state index in [4.69, 9.17) is 0 Å². The molecule has 0 aromatic carbocycles. The van der Waals surface area contributed by atoms with Crippen molar-refractivity contribution in [3.05, 3.63) is 52.7 Å². The zero-order valence-corrected chi connectivity index (χ0v) is 19.6. The van der Waals surface area contributed by atoms with Crippen molar-refractivity contribution in [1.29, 1.82) is 0 Å². The SMILES string of the molecule is Cc1nc(C(F)(F)F)ccc1Cn1cc(CNc2nc(C)c3c(n2)N(C)[C@@H]([C@@H](C)O)C(=O)N3)cn1.